The minimum Gasteiger partial charge on any atom is -0.497 e. The summed E-state index contributed by atoms with van der Waals surface area (Å²) in [5.41, 5.74) is 2.07. The van der Waals surface area contributed by atoms with Crippen LogP contribution in [-0.4, -0.2) is 7.11 Å². The van der Waals surface area contributed by atoms with Gasteiger partial charge in [0, 0.05) is 0 Å². The Hall–Kier alpha value is -0.890. The smallest absolute Gasteiger partial charge is 0.119 e. The molecule has 1 unspecified atom stereocenters. The lowest BCUT2D eigenvalue weighted by Gasteiger charge is -2.12. The second kappa shape index (κ2) is 6.51. The Morgan fingerprint density at radius 3 is 2.53 bits per heavy atom. The normalized spacial score (nSPS) is 12.2. The molecule has 0 N–H and O–H groups in total. The third-order valence-electron chi connectivity index (χ3n) is 2.85. The van der Waals surface area contributed by atoms with E-state index in [1.807, 2.05) is 36.4 Å². The van der Waals surface area contributed by atoms with Gasteiger partial charge in [-0.1, -0.05) is 41.4 Å². The predicted octanol–water partition coefficient (Wildman–Crippen LogP) is 5.52. The quantitative estimate of drug-likeness (QED) is 0.675. The highest BCUT2D eigenvalue weighted by Gasteiger charge is 2.11. The fourth-order valence-electron chi connectivity index (χ4n) is 1.83. The van der Waals surface area contributed by atoms with E-state index in [0.717, 1.165) is 16.9 Å². The van der Waals surface area contributed by atoms with Crippen molar-refractivity contribution in [1.82, 2.24) is 0 Å². The van der Waals surface area contributed by atoms with E-state index in [1.54, 1.807) is 13.2 Å². The molecule has 0 bridgehead atoms. The molecule has 0 fully saturated rings. The highest BCUT2D eigenvalue weighted by Crippen LogP contribution is 2.30. The number of methoxy groups -OCH3 is 1. The first-order chi connectivity index (χ1) is 9.10. The Labute approximate surface area is 128 Å². The summed E-state index contributed by atoms with van der Waals surface area (Å²) in [6.07, 6.45) is 0.686. The number of hydrogen-bond acceptors (Lipinski definition) is 1. The average Bonchev–Trinajstić information content (AvgIpc) is 2.43. The van der Waals surface area contributed by atoms with Gasteiger partial charge in [-0.2, -0.15) is 0 Å². The zero-order chi connectivity index (χ0) is 13.8. The first kappa shape index (κ1) is 14.5. The Morgan fingerprint density at radius 1 is 1.05 bits per heavy atom. The summed E-state index contributed by atoms with van der Waals surface area (Å²) in [4.78, 5) is 0. The summed E-state index contributed by atoms with van der Waals surface area (Å²) >= 11 is 18.3. The number of hydrogen-bond donors (Lipinski definition) is 0. The molecule has 0 aromatic heterocycles. The first-order valence-corrected chi connectivity index (χ1v) is 7.01. The fourth-order valence-corrected chi connectivity index (χ4v) is 2.46. The van der Waals surface area contributed by atoms with Crippen LogP contribution in [0.2, 0.25) is 10.0 Å². The van der Waals surface area contributed by atoms with Crippen molar-refractivity contribution in [3.8, 4) is 5.75 Å². The monoisotopic (exact) mass is 314 g/mol. The molecule has 0 aliphatic carbocycles. The topological polar surface area (TPSA) is 9.23 Å². The van der Waals surface area contributed by atoms with E-state index >= 15 is 0 Å². The molecule has 0 heterocycles. The first-order valence-electron chi connectivity index (χ1n) is 5.82. The molecule has 0 radical (unpaired) electrons. The molecule has 0 saturated carbocycles. The van der Waals surface area contributed by atoms with Crippen LogP contribution in [0, 0.1) is 0 Å². The second-order valence-corrected chi connectivity index (χ2v) is 5.54. The zero-order valence-electron chi connectivity index (χ0n) is 10.4. The van der Waals surface area contributed by atoms with Gasteiger partial charge in [-0.3, -0.25) is 0 Å². The predicted molar refractivity (Wildman–Crippen MR) is 81.8 cm³/mol. The molecule has 0 aliphatic heterocycles. The summed E-state index contributed by atoms with van der Waals surface area (Å²) in [6, 6.07) is 13.3. The Kier molecular flexibility index (Phi) is 4.98. The lowest BCUT2D eigenvalue weighted by Crippen LogP contribution is -1.96. The lowest BCUT2D eigenvalue weighted by atomic mass is 10.0. The number of rotatable bonds is 4. The van der Waals surface area contributed by atoms with Crippen molar-refractivity contribution in [2.45, 2.75) is 11.8 Å². The third kappa shape index (κ3) is 3.79. The Morgan fingerprint density at radius 2 is 1.84 bits per heavy atom. The van der Waals surface area contributed by atoms with Crippen molar-refractivity contribution in [2.75, 3.05) is 7.11 Å². The fraction of sp³-hybridized carbons (Fsp3) is 0.200. The summed E-state index contributed by atoms with van der Waals surface area (Å²) in [5.74, 6) is 0.803. The van der Waals surface area contributed by atoms with E-state index < -0.39 is 0 Å². The van der Waals surface area contributed by atoms with Crippen molar-refractivity contribution >= 4 is 34.8 Å². The van der Waals surface area contributed by atoms with Crippen LogP contribution in [0.15, 0.2) is 42.5 Å². The average molecular weight is 316 g/mol. The van der Waals surface area contributed by atoms with Gasteiger partial charge >= 0.3 is 0 Å². The molecule has 2 rings (SSSR count). The van der Waals surface area contributed by atoms with E-state index in [-0.39, 0.29) is 5.38 Å². The van der Waals surface area contributed by atoms with Crippen LogP contribution in [0.5, 0.6) is 5.75 Å². The molecule has 0 saturated heterocycles. The maximum atomic E-state index is 6.43. The molecule has 4 heteroatoms. The molecule has 2 aromatic rings. The van der Waals surface area contributed by atoms with Crippen LogP contribution in [0.1, 0.15) is 16.5 Å². The number of halogens is 3. The van der Waals surface area contributed by atoms with Gasteiger partial charge in [-0.05, 0) is 41.8 Å². The molecule has 0 amide bonds. The van der Waals surface area contributed by atoms with Crippen molar-refractivity contribution in [3.63, 3.8) is 0 Å². The maximum absolute atomic E-state index is 6.43. The van der Waals surface area contributed by atoms with E-state index in [0.29, 0.717) is 16.5 Å². The number of alkyl halides is 1. The van der Waals surface area contributed by atoms with Gasteiger partial charge in [0.15, 0.2) is 0 Å². The molecular weight excluding hydrogens is 303 g/mol. The molecular formula is C15H13Cl3O. The largest absolute Gasteiger partial charge is 0.497 e. The second-order valence-electron chi connectivity index (χ2n) is 4.20. The van der Waals surface area contributed by atoms with Crippen LogP contribution in [-0.2, 0) is 6.42 Å². The van der Waals surface area contributed by atoms with Gasteiger partial charge < -0.3 is 4.74 Å². The van der Waals surface area contributed by atoms with Gasteiger partial charge in [0.2, 0.25) is 0 Å². The molecule has 100 valence electrons. The highest BCUT2D eigenvalue weighted by atomic mass is 35.5. The van der Waals surface area contributed by atoms with E-state index in [2.05, 4.69) is 0 Å². The van der Waals surface area contributed by atoms with Gasteiger partial charge in [0.25, 0.3) is 0 Å². The van der Waals surface area contributed by atoms with Crippen LogP contribution < -0.4 is 4.74 Å². The third-order valence-corrected chi connectivity index (χ3v) is 4.00. The zero-order valence-corrected chi connectivity index (χ0v) is 12.6. The highest BCUT2D eigenvalue weighted by molar-refractivity contribution is 6.42. The maximum Gasteiger partial charge on any atom is 0.119 e. The van der Waals surface area contributed by atoms with Gasteiger partial charge in [0.05, 0.1) is 22.5 Å². The van der Waals surface area contributed by atoms with Crippen molar-refractivity contribution < 1.29 is 4.74 Å². The SMILES string of the molecule is COc1cccc(C(Cl)Cc2ccc(Cl)c(Cl)c2)c1. The van der Waals surface area contributed by atoms with Crippen molar-refractivity contribution in [2.24, 2.45) is 0 Å². The molecule has 19 heavy (non-hydrogen) atoms. The molecule has 2 aromatic carbocycles. The van der Waals surface area contributed by atoms with Gasteiger partial charge in [0.1, 0.15) is 5.75 Å². The molecule has 1 atom stereocenters. The molecule has 0 aliphatic rings. The lowest BCUT2D eigenvalue weighted by molar-refractivity contribution is 0.414. The summed E-state index contributed by atoms with van der Waals surface area (Å²) in [6.45, 7) is 0. The minimum absolute atomic E-state index is 0.132. The van der Waals surface area contributed by atoms with Gasteiger partial charge in [-0.15, -0.1) is 11.6 Å². The van der Waals surface area contributed by atoms with Crippen molar-refractivity contribution in [1.29, 1.82) is 0 Å². The van der Waals surface area contributed by atoms with E-state index in [4.69, 9.17) is 39.5 Å². The van der Waals surface area contributed by atoms with Crippen LogP contribution >= 0.6 is 34.8 Å². The molecule has 1 nitrogen and oxygen atoms in total. The van der Waals surface area contributed by atoms with Crippen LogP contribution in [0.3, 0.4) is 0 Å². The number of benzene rings is 2. The Balaban J connectivity index is 2.15. The van der Waals surface area contributed by atoms with E-state index in [9.17, 15) is 0 Å². The standard InChI is InChI=1S/C15H13Cl3O/c1-19-12-4-2-3-11(9-12)14(17)7-10-5-6-13(16)15(18)8-10/h2-6,8-9,14H,7H2,1H3. The Bertz CT molecular complexity index is 569. The summed E-state index contributed by atoms with van der Waals surface area (Å²) < 4.78 is 5.19. The van der Waals surface area contributed by atoms with Crippen LogP contribution in [0.25, 0.3) is 0 Å². The summed E-state index contributed by atoms with van der Waals surface area (Å²) in [5, 5.41) is 0.971. The minimum atomic E-state index is -0.132. The van der Waals surface area contributed by atoms with Crippen LogP contribution in [0.4, 0.5) is 0 Å². The van der Waals surface area contributed by atoms with Gasteiger partial charge in [-0.25, -0.2) is 0 Å². The van der Waals surface area contributed by atoms with Crippen molar-refractivity contribution in [3.05, 3.63) is 63.6 Å². The summed E-state index contributed by atoms with van der Waals surface area (Å²) in [7, 11) is 1.64. The van der Waals surface area contributed by atoms with E-state index in [1.165, 1.54) is 0 Å². The molecule has 0 spiro atoms. The number of ether oxygens (including phenoxy) is 1.